The maximum Gasteiger partial charge on any atom is 2.00 e. The van der Waals surface area contributed by atoms with Gasteiger partial charge in [-0.25, -0.2) is 0 Å². The molecule has 5 nitrogen and oxygen atoms in total. The number of hydrogen-bond acceptors (Lipinski definition) is 3. The number of fused-ring (bicyclic) bond motifs is 12. The Hall–Kier alpha value is -4.99. The number of aromatic nitrogens is 4. The summed E-state index contributed by atoms with van der Waals surface area (Å²) in [4.78, 5) is 9.72. The monoisotopic (exact) mass is 803 g/mol. The maximum absolute atomic E-state index is 6.50. The molecule has 6 heteroatoms. The summed E-state index contributed by atoms with van der Waals surface area (Å²) in [5.41, 5.74) is 10.0. The first kappa shape index (κ1) is 30.3. The van der Waals surface area contributed by atoms with E-state index in [4.69, 9.17) is 14.7 Å². The molecule has 0 aliphatic rings. The summed E-state index contributed by atoms with van der Waals surface area (Å²) in [6.45, 7) is 11.0. The molecule has 9 aromatic rings. The van der Waals surface area contributed by atoms with E-state index in [-0.39, 0.29) is 26.5 Å². The standard InChI is InChI=1S/C42H32N4O.Pt/c1-25-9-8-10-26(2)39(25)38-24-44-41-35-23-29(14-17-30(35)32-11-6-7-12-36(32)46(38)41)47-28-15-18-31-33-16-13-27(42(3,4)5)21-37(33)45-20-19-43-40(45)34(31)22-28;/h6-21,24H,1-5H3;/q-2;+2. The van der Waals surface area contributed by atoms with E-state index in [9.17, 15) is 0 Å². The van der Waals surface area contributed by atoms with Gasteiger partial charge in [0.25, 0.3) is 0 Å². The van der Waals surface area contributed by atoms with E-state index in [1.807, 2.05) is 30.7 Å². The van der Waals surface area contributed by atoms with Gasteiger partial charge in [0.1, 0.15) is 0 Å². The molecule has 0 amide bonds. The third-order valence-electron chi connectivity index (χ3n) is 9.49. The molecule has 5 aromatic carbocycles. The van der Waals surface area contributed by atoms with Crippen LogP contribution in [0.3, 0.4) is 0 Å². The average Bonchev–Trinajstić information content (AvgIpc) is 3.73. The Bertz CT molecular complexity index is 2710. The number of hydrogen-bond donors (Lipinski definition) is 0. The topological polar surface area (TPSA) is 43.8 Å². The van der Waals surface area contributed by atoms with Crippen LogP contribution in [0.4, 0.5) is 0 Å². The Morgan fingerprint density at radius 3 is 2.02 bits per heavy atom. The number of para-hydroxylation sites is 1. The number of aryl methyl sites for hydroxylation is 2. The predicted molar refractivity (Wildman–Crippen MR) is 192 cm³/mol. The van der Waals surface area contributed by atoms with Gasteiger partial charge in [0, 0.05) is 46.7 Å². The number of nitrogens with zero attached hydrogens (tertiary/aromatic N) is 4. The zero-order chi connectivity index (χ0) is 32.0. The zero-order valence-corrected chi connectivity index (χ0v) is 29.6. The summed E-state index contributed by atoms with van der Waals surface area (Å²) >= 11 is 0. The maximum atomic E-state index is 6.50. The van der Waals surface area contributed by atoms with Crippen molar-refractivity contribution in [2.75, 3.05) is 0 Å². The second kappa shape index (κ2) is 11.0. The van der Waals surface area contributed by atoms with E-state index in [1.165, 1.54) is 22.3 Å². The van der Waals surface area contributed by atoms with Crippen molar-refractivity contribution in [1.82, 2.24) is 18.8 Å². The molecule has 0 bridgehead atoms. The fraction of sp³-hybridized carbons (Fsp3) is 0.143. The van der Waals surface area contributed by atoms with E-state index >= 15 is 0 Å². The van der Waals surface area contributed by atoms with Crippen LogP contribution >= 0.6 is 0 Å². The molecule has 9 rings (SSSR count). The zero-order valence-electron chi connectivity index (χ0n) is 27.3. The largest absolute Gasteiger partial charge is 2.00 e. The van der Waals surface area contributed by atoms with E-state index in [2.05, 4.69) is 128 Å². The summed E-state index contributed by atoms with van der Waals surface area (Å²) < 4.78 is 10.9. The number of ether oxygens (including phenoxy) is 1. The van der Waals surface area contributed by atoms with Crippen molar-refractivity contribution in [2.45, 2.75) is 40.0 Å². The Balaban J connectivity index is 0.00000336. The van der Waals surface area contributed by atoms with E-state index in [0.717, 1.165) is 60.3 Å². The second-order valence-electron chi connectivity index (χ2n) is 13.5. The Morgan fingerprint density at radius 1 is 0.667 bits per heavy atom. The minimum absolute atomic E-state index is 0. The summed E-state index contributed by atoms with van der Waals surface area (Å²) in [7, 11) is 0. The summed E-state index contributed by atoms with van der Waals surface area (Å²) in [5, 5.41) is 6.32. The van der Waals surface area contributed by atoms with Gasteiger partial charge in [0.15, 0.2) is 0 Å². The number of imidazole rings is 2. The Morgan fingerprint density at radius 2 is 1.31 bits per heavy atom. The molecular formula is C42H32N4OPt. The minimum atomic E-state index is 0. The normalized spacial score (nSPS) is 12.1. The van der Waals surface area contributed by atoms with Crippen LogP contribution in [-0.4, -0.2) is 18.8 Å². The van der Waals surface area contributed by atoms with Gasteiger partial charge in [-0.3, -0.25) is 9.97 Å². The van der Waals surface area contributed by atoms with Crippen molar-refractivity contribution in [3.8, 4) is 22.8 Å². The van der Waals surface area contributed by atoms with Crippen molar-refractivity contribution in [3.63, 3.8) is 0 Å². The molecule has 0 spiro atoms. The van der Waals surface area contributed by atoms with Gasteiger partial charge in [-0.2, -0.15) is 0 Å². The Labute approximate surface area is 293 Å². The molecular weight excluding hydrogens is 772 g/mol. The third kappa shape index (κ3) is 4.56. The van der Waals surface area contributed by atoms with Crippen LogP contribution in [0.2, 0.25) is 0 Å². The molecule has 0 aliphatic carbocycles. The van der Waals surface area contributed by atoms with Gasteiger partial charge < -0.3 is 13.5 Å². The number of benzene rings is 5. The first-order valence-electron chi connectivity index (χ1n) is 16.0. The minimum Gasteiger partial charge on any atom is -0.497 e. The molecule has 4 heterocycles. The quantitative estimate of drug-likeness (QED) is 0.132. The summed E-state index contributed by atoms with van der Waals surface area (Å²) in [6.07, 6.45) is 5.86. The van der Waals surface area contributed by atoms with Crippen LogP contribution in [-0.2, 0) is 26.5 Å². The number of pyridine rings is 2. The smallest absolute Gasteiger partial charge is 0.497 e. The molecule has 0 N–H and O–H groups in total. The summed E-state index contributed by atoms with van der Waals surface area (Å²) in [6, 6.07) is 37.0. The fourth-order valence-corrected chi connectivity index (χ4v) is 7.16. The van der Waals surface area contributed by atoms with Gasteiger partial charge in [-0.05, 0) is 58.9 Å². The SMILES string of the molecule is Cc1cccc(C)c1-c1cnc2c3[c-]c(Oc4[c-]c5c(cc4)c4ccc(C(C)(C)C)cc4n4ccnc54)ccc3c3ccccc3n12.[Pt+2]. The molecule has 0 saturated carbocycles. The van der Waals surface area contributed by atoms with Gasteiger partial charge in [-0.1, -0.05) is 115 Å². The average molecular weight is 804 g/mol. The number of rotatable bonds is 3. The van der Waals surface area contributed by atoms with Crippen LogP contribution in [0.15, 0.2) is 104 Å². The van der Waals surface area contributed by atoms with Gasteiger partial charge in [-0.15, -0.1) is 12.1 Å². The predicted octanol–water partition coefficient (Wildman–Crippen LogP) is 10.6. The van der Waals surface area contributed by atoms with Crippen molar-refractivity contribution in [1.29, 1.82) is 0 Å². The van der Waals surface area contributed by atoms with Gasteiger partial charge >= 0.3 is 21.1 Å². The van der Waals surface area contributed by atoms with Crippen molar-refractivity contribution in [3.05, 3.63) is 132 Å². The fourth-order valence-electron chi connectivity index (χ4n) is 7.16. The molecule has 48 heavy (non-hydrogen) atoms. The van der Waals surface area contributed by atoms with Crippen molar-refractivity contribution in [2.24, 2.45) is 0 Å². The van der Waals surface area contributed by atoms with Gasteiger partial charge in [0.05, 0.1) is 17.0 Å². The van der Waals surface area contributed by atoms with Crippen LogP contribution < -0.4 is 4.74 Å². The third-order valence-corrected chi connectivity index (χ3v) is 9.49. The molecule has 0 fully saturated rings. The van der Waals surface area contributed by atoms with Crippen LogP contribution in [0.5, 0.6) is 11.5 Å². The Kier molecular flexibility index (Phi) is 6.98. The van der Waals surface area contributed by atoms with E-state index in [1.54, 1.807) is 0 Å². The molecule has 0 radical (unpaired) electrons. The molecule has 0 aliphatic heterocycles. The van der Waals surface area contributed by atoms with Crippen LogP contribution in [0, 0.1) is 26.0 Å². The second-order valence-corrected chi connectivity index (χ2v) is 13.5. The molecule has 0 saturated heterocycles. The molecule has 4 aromatic heterocycles. The van der Waals surface area contributed by atoms with Crippen LogP contribution in [0.1, 0.15) is 37.5 Å². The van der Waals surface area contributed by atoms with E-state index in [0.29, 0.717) is 11.5 Å². The van der Waals surface area contributed by atoms with Crippen molar-refractivity contribution >= 4 is 54.6 Å². The van der Waals surface area contributed by atoms with Gasteiger partial charge in [0.2, 0.25) is 0 Å². The molecule has 236 valence electrons. The molecule has 0 atom stereocenters. The molecule has 0 unspecified atom stereocenters. The van der Waals surface area contributed by atoms with Crippen molar-refractivity contribution < 1.29 is 25.8 Å². The first-order valence-corrected chi connectivity index (χ1v) is 16.0. The summed E-state index contributed by atoms with van der Waals surface area (Å²) in [5.74, 6) is 1.22. The van der Waals surface area contributed by atoms with E-state index < -0.39 is 0 Å². The van der Waals surface area contributed by atoms with Crippen LogP contribution in [0.25, 0.3) is 65.9 Å². The first-order chi connectivity index (χ1) is 22.8.